The van der Waals surface area contributed by atoms with Crippen LogP contribution in [0.3, 0.4) is 0 Å². The zero-order valence-corrected chi connectivity index (χ0v) is 9.87. The highest BCUT2D eigenvalue weighted by Gasteiger charge is 2.14. The molecule has 1 aromatic carbocycles. The van der Waals surface area contributed by atoms with Crippen molar-refractivity contribution in [3.05, 3.63) is 72.9 Å². The monoisotopic (exact) mass is 239 g/mol. The fourth-order valence-electron chi connectivity index (χ4n) is 1.63. The van der Waals surface area contributed by atoms with E-state index in [-0.39, 0.29) is 5.91 Å². The van der Waals surface area contributed by atoms with Gasteiger partial charge in [-0.15, -0.1) is 5.73 Å². The molecule has 0 saturated carbocycles. The molecule has 0 bridgehead atoms. The molecule has 0 saturated heterocycles. The summed E-state index contributed by atoms with van der Waals surface area (Å²) in [6.45, 7) is 3.81. The second kappa shape index (κ2) is 5.71. The van der Waals surface area contributed by atoms with Gasteiger partial charge >= 0.3 is 0 Å². The van der Waals surface area contributed by atoms with Gasteiger partial charge in [0.1, 0.15) is 5.76 Å². The third-order valence-electron chi connectivity index (χ3n) is 2.45. The Morgan fingerprint density at radius 3 is 2.67 bits per heavy atom. The third-order valence-corrected chi connectivity index (χ3v) is 2.45. The summed E-state index contributed by atoms with van der Waals surface area (Å²) in [6.07, 6.45) is 2.91. The summed E-state index contributed by atoms with van der Waals surface area (Å²) < 4.78 is 5.27. The van der Waals surface area contributed by atoms with Gasteiger partial charge in [0.2, 0.25) is 0 Å². The van der Waals surface area contributed by atoms with Crippen LogP contribution in [0.2, 0.25) is 0 Å². The number of nitrogens with zero attached hydrogens (tertiary/aromatic N) is 1. The van der Waals surface area contributed by atoms with Gasteiger partial charge in [0, 0.05) is 11.8 Å². The van der Waals surface area contributed by atoms with Crippen molar-refractivity contribution in [3.63, 3.8) is 0 Å². The van der Waals surface area contributed by atoms with Crippen LogP contribution >= 0.6 is 0 Å². The van der Waals surface area contributed by atoms with Crippen LogP contribution in [0.5, 0.6) is 0 Å². The lowest BCUT2D eigenvalue weighted by atomic mass is 10.2. The summed E-state index contributed by atoms with van der Waals surface area (Å²) in [5, 5.41) is 0. The number of hydrogen-bond acceptors (Lipinski definition) is 2. The summed E-state index contributed by atoms with van der Waals surface area (Å²) in [4.78, 5) is 13.6. The first-order valence-corrected chi connectivity index (χ1v) is 5.56. The van der Waals surface area contributed by atoms with Gasteiger partial charge in [0.05, 0.1) is 12.8 Å². The van der Waals surface area contributed by atoms with E-state index in [1.807, 2.05) is 36.4 Å². The molecule has 3 heteroatoms. The molecule has 0 aliphatic rings. The van der Waals surface area contributed by atoms with Gasteiger partial charge in [-0.05, 0) is 24.3 Å². The number of hydrogen-bond donors (Lipinski definition) is 0. The van der Waals surface area contributed by atoms with E-state index in [2.05, 4.69) is 12.3 Å². The average Bonchev–Trinajstić information content (AvgIpc) is 2.90. The van der Waals surface area contributed by atoms with Crippen molar-refractivity contribution < 1.29 is 9.21 Å². The minimum atomic E-state index is -0.174. The van der Waals surface area contributed by atoms with E-state index in [1.54, 1.807) is 17.2 Å². The highest BCUT2D eigenvalue weighted by Crippen LogP contribution is 2.17. The molecular formula is C15H13NO2. The number of carbonyl (C=O) groups is 1. The second-order valence-electron chi connectivity index (χ2n) is 3.69. The summed E-state index contributed by atoms with van der Waals surface area (Å²) in [7, 11) is 0. The van der Waals surface area contributed by atoms with Crippen molar-refractivity contribution in [3.8, 4) is 0 Å². The minimum Gasteiger partial charge on any atom is -0.467 e. The van der Waals surface area contributed by atoms with Crippen LogP contribution in [-0.4, -0.2) is 5.91 Å². The van der Waals surface area contributed by atoms with E-state index in [4.69, 9.17) is 4.42 Å². The van der Waals surface area contributed by atoms with Crippen molar-refractivity contribution in [1.29, 1.82) is 0 Å². The topological polar surface area (TPSA) is 33.5 Å². The van der Waals surface area contributed by atoms with Crippen molar-refractivity contribution in [1.82, 2.24) is 0 Å². The molecule has 1 heterocycles. The number of rotatable bonds is 4. The van der Waals surface area contributed by atoms with Crippen LogP contribution in [0.25, 0.3) is 0 Å². The number of carbonyl (C=O) groups excluding carboxylic acids is 1. The molecular weight excluding hydrogens is 226 g/mol. The lowest BCUT2D eigenvalue weighted by molar-refractivity contribution is -0.114. The van der Waals surface area contributed by atoms with Gasteiger partial charge in [-0.1, -0.05) is 24.8 Å². The Morgan fingerprint density at radius 1 is 1.28 bits per heavy atom. The molecule has 1 aromatic heterocycles. The highest BCUT2D eigenvalue weighted by atomic mass is 16.3. The van der Waals surface area contributed by atoms with Crippen LogP contribution < -0.4 is 4.90 Å². The van der Waals surface area contributed by atoms with E-state index in [0.717, 1.165) is 11.4 Å². The maximum Gasteiger partial charge on any atom is 0.259 e. The SMILES string of the molecule is C=C=CC(=O)N(Cc1ccco1)c1ccccc1. The molecule has 2 aromatic rings. The molecule has 0 atom stereocenters. The Bertz CT molecular complexity index is 551. The lowest BCUT2D eigenvalue weighted by Gasteiger charge is -2.19. The summed E-state index contributed by atoms with van der Waals surface area (Å²) in [5.74, 6) is 0.553. The number of para-hydroxylation sites is 1. The minimum absolute atomic E-state index is 0.174. The summed E-state index contributed by atoms with van der Waals surface area (Å²) in [5.41, 5.74) is 3.31. The molecule has 1 amide bonds. The Kier molecular flexibility index (Phi) is 3.79. The standard InChI is InChI=1S/C15H13NO2/c1-2-7-15(17)16(12-14-10-6-11-18-14)13-8-4-3-5-9-13/h3-11H,1,12H2. The predicted molar refractivity (Wildman–Crippen MR) is 70.1 cm³/mol. The van der Waals surface area contributed by atoms with Crippen molar-refractivity contribution in [2.45, 2.75) is 6.54 Å². The molecule has 0 fully saturated rings. The van der Waals surface area contributed by atoms with Gasteiger partial charge in [-0.2, -0.15) is 0 Å². The van der Waals surface area contributed by atoms with Gasteiger partial charge in [0.15, 0.2) is 0 Å². The maximum atomic E-state index is 12.0. The molecule has 0 aliphatic carbocycles. The number of anilines is 1. The smallest absolute Gasteiger partial charge is 0.259 e. The number of furan rings is 1. The maximum absolute atomic E-state index is 12.0. The van der Waals surface area contributed by atoms with Crippen LogP contribution in [0.4, 0.5) is 5.69 Å². The number of amides is 1. The first kappa shape index (κ1) is 12.0. The molecule has 2 rings (SSSR count). The fourth-order valence-corrected chi connectivity index (χ4v) is 1.63. The molecule has 0 radical (unpaired) electrons. The van der Waals surface area contributed by atoms with Crippen LogP contribution in [0, 0.1) is 0 Å². The lowest BCUT2D eigenvalue weighted by Crippen LogP contribution is -2.28. The van der Waals surface area contributed by atoms with Gasteiger partial charge in [-0.3, -0.25) is 4.79 Å². The first-order valence-electron chi connectivity index (χ1n) is 5.56. The quantitative estimate of drug-likeness (QED) is 0.606. The normalized spacial score (nSPS) is 9.56. The van der Waals surface area contributed by atoms with E-state index in [0.29, 0.717) is 6.54 Å². The molecule has 3 nitrogen and oxygen atoms in total. The third kappa shape index (κ3) is 2.78. The molecule has 0 aliphatic heterocycles. The average molecular weight is 239 g/mol. The fraction of sp³-hybridized carbons (Fsp3) is 0.0667. The number of benzene rings is 1. The Hall–Kier alpha value is -2.51. The van der Waals surface area contributed by atoms with Gasteiger partial charge in [-0.25, -0.2) is 0 Å². The van der Waals surface area contributed by atoms with E-state index < -0.39 is 0 Å². The van der Waals surface area contributed by atoms with Crippen LogP contribution in [-0.2, 0) is 11.3 Å². The van der Waals surface area contributed by atoms with E-state index in [9.17, 15) is 4.79 Å². The van der Waals surface area contributed by atoms with Crippen molar-refractivity contribution >= 4 is 11.6 Å². The van der Waals surface area contributed by atoms with Crippen molar-refractivity contribution in [2.75, 3.05) is 4.90 Å². The molecule has 0 spiro atoms. The predicted octanol–water partition coefficient (Wildman–Crippen LogP) is 3.15. The molecule has 90 valence electrons. The van der Waals surface area contributed by atoms with Crippen LogP contribution in [0.1, 0.15) is 5.76 Å². The summed E-state index contributed by atoms with van der Waals surface area (Å²) in [6, 6.07) is 13.1. The van der Waals surface area contributed by atoms with Gasteiger partial charge < -0.3 is 9.32 Å². The van der Waals surface area contributed by atoms with E-state index >= 15 is 0 Å². The van der Waals surface area contributed by atoms with Crippen molar-refractivity contribution in [2.24, 2.45) is 0 Å². The Labute approximate surface area is 106 Å². The van der Waals surface area contributed by atoms with Gasteiger partial charge in [0.25, 0.3) is 5.91 Å². The Morgan fingerprint density at radius 2 is 2.06 bits per heavy atom. The Balaban J connectivity index is 2.28. The van der Waals surface area contributed by atoms with E-state index in [1.165, 1.54) is 6.08 Å². The van der Waals surface area contributed by atoms with Crippen LogP contribution in [0.15, 0.2) is 71.5 Å². The largest absolute Gasteiger partial charge is 0.467 e. The summed E-state index contributed by atoms with van der Waals surface area (Å²) >= 11 is 0. The molecule has 0 N–H and O–H groups in total. The zero-order chi connectivity index (χ0) is 12.8. The second-order valence-corrected chi connectivity index (χ2v) is 3.69. The molecule has 18 heavy (non-hydrogen) atoms. The zero-order valence-electron chi connectivity index (χ0n) is 9.87. The first-order chi connectivity index (χ1) is 8.81. The highest BCUT2D eigenvalue weighted by molar-refractivity contribution is 6.01. The molecule has 0 unspecified atom stereocenters.